The lowest BCUT2D eigenvalue weighted by Gasteiger charge is -2.08. The quantitative estimate of drug-likeness (QED) is 0.735. The Kier molecular flexibility index (Phi) is 3.09. The molecule has 2 N–H and O–H groups in total. The highest BCUT2D eigenvalue weighted by Gasteiger charge is 2.14. The molecule has 3 aromatic rings. The number of anilines is 1. The number of rotatable bonds is 2. The molecule has 0 spiro atoms. The van der Waals surface area contributed by atoms with Crippen molar-refractivity contribution in [1.82, 2.24) is 20.2 Å². The second kappa shape index (κ2) is 4.93. The van der Waals surface area contributed by atoms with Gasteiger partial charge in [-0.25, -0.2) is 8.78 Å². The number of benzene rings is 2. The van der Waals surface area contributed by atoms with E-state index in [4.69, 9.17) is 5.73 Å². The van der Waals surface area contributed by atoms with Crippen LogP contribution in [0.3, 0.4) is 0 Å². The zero-order chi connectivity index (χ0) is 15.0. The topological polar surface area (TPSA) is 69.6 Å². The number of aryl methyl sites for hydroxylation is 1. The van der Waals surface area contributed by atoms with E-state index in [1.165, 1.54) is 35.0 Å². The lowest BCUT2D eigenvalue weighted by Crippen LogP contribution is -2.03. The molecule has 2 aromatic carbocycles. The van der Waals surface area contributed by atoms with Crippen LogP contribution in [-0.2, 0) is 0 Å². The molecular formula is C14H11F2N5. The Bertz CT molecular complexity index is 813. The minimum atomic E-state index is -0.504. The van der Waals surface area contributed by atoms with Crippen molar-refractivity contribution in [2.24, 2.45) is 0 Å². The van der Waals surface area contributed by atoms with Crippen molar-refractivity contribution in [3.63, 3.8) is 0 Å². The third kappa shape index (κ3) is 2.33. The molecule has 0 atom stereocenters. The van der Waals surface area contributed by atoms with Gasteiger partial charge in [-0.2, -0.15) is 4.68 Å². The van der Waals surface area contributed by atoms with E-state index in [0.717, 1.165) is 0 Å². The molecule has 106 valence electrons. The Morgan fingerprint density at radius 1 is 1.10 bits per heavy atom. The molecule has 7 heteroatoms. The van der Waals surface area contributed by atoms with Gasteiger partial charge >= 0.3 is 0 Å². The maximum Gasteiger partial charge on any atom is 0.187 e. The molecule has 0 saturated heterocycles. The van der Waals surface area contributed by atoms with Crippen LogP contribution in [0.15, 0.2) is 36.4 Å². The van der Waals surface area contributed by atoms with Crippen molar-refractivity contribution >= 4 is 5.69 Å². The Morgan fingerprint density at radius 3 is 2.62 bits per heavy atom. The second-order valence-corrected chi connectivity index (χ2v) is 4.58. The number of hydrogen-bond donors (Lipinski definition) is 1. The first-order chi connectivity index (χ1) is 10.1. The Balaban J connectivity index is 2.14. The van der Waals surface area contributed by atoms with Gasteiger partial charge in [0.2, 0.25) is 0 Å². The van der Waals surface area contributed by atoms with Gasteiger partial charge in [-0.3, -0.25) is 0 Å². The zero-order valence-electron chi connectivity index (χ0n) is 11.1. The Hall–Kier alpha value is -2.83. The summed E-state index contributed by atoms with van der Waals surface area (Å²) >= 11 is 0. The average Bonchev–Trinajstić information content (AvgIpc) is 2.91. The predicted octanol–water partition coefficient (Wildman–Crippen LogP) is 2.50. The van der Waals surface area contributed by atoms with Crippen LogP contribution in [0.5, 0.6) is 0 Å². The van der Waals surface area contributed by atoms with Crippen LogP contribution in [0.4, 0.5) is 14.5 Å². The van der Waals surface area contributed by atoms with E-state index >= 15 is 0 Å². The molecule has 0 amide bonds. The van der Waals surface area contributed by atoms with Gasteiger partial charge < -0.3 is 5.73 Å². The first kappa shape index (κ1) is 13.2. The number of halogens is 2. The van der Waals surface area contributed by atoms with Gasteiger partial charge in [0.1, 0.15) is 11.6 Å². The van der Waals surface area contributed by atoms with E-state index in [9.17, 15) is 8.78 Å². The van der Waals surface area contributed by atoms with E-state index in [-0.39, 0.29) is 11.5 Å². The van der Waals surface area contributed by atoms with E-state index < -0.39 is 5.82 Å². The summed E-state index contributed by atoms with van der Waals surface area (Å²) in [6, 6.07) is 8.54. The summed E-state index contributed by atoms with van der Waals surface area (Å²) in [5.74, 6) is -0.441. The van der Waals surface area contributed by atoms with Crippen LogP contribution < -0.4 is 5.73 Å². The molecule has 0 saturated carbocycles. The molecule has 21 heavy (non-hydrogen) atoms. The van der Waals surface area contributed by atoms with Gasteiger partial charge in [0, 0.05) is 5.56 Å². The van der Waals surface area contributed by atoms with E-state index in [1.54, 1.807) is 13.0 Å². The van der Waals surface area contributed by atoms with Gasteiger partial charge in [-0.05, 0) is 59.3 Å². The minimum Gasteiger partial charge on any atom is -0.396 e. The molecule has 0 fully saturated rings. The first-order valence-electron chi connectivity index (χ1n) is 6.16. The highest BCUT2D eigenvalue weighted by atomic mass is 19.1. The lowest BCUT2D eigenvalue weighted by molar-refractivity contribution is 0.625. The SMILES string of the molecule is Cc1cc(F)ccc1-n1nnnc1-c1ccc(F)c(N)c1. The molecule has 3 rings (SSSR count). The Labute approximate surface area is 119 Å². The third-order valence-corrected chi connectivity index (χ3v) is 3.11. The van der Waals surface area contributed by atoms with E-state index in [0.29, 0.717) is 22.6 Å². The largest absolute Gasteiger partial charge is 0.396 e. The highest BCUT2D eigenvalue weighted by molar-refractivity contribution is 5.63. The lowest BCUT2D eigenvalue weighted by atomic mass is 10.1. The molecule has 0 unspecified atom stereocenters. The van der Waals surface area contributed by atoms with Crippen LogP contribution >= 0.6 is 0 Å². The number of hydrogen-bond acceptors (Lipinski definition) is 4. The smallest absolute Gasteiger partial charge is 0.187 e. The zero-order valence-corrected chi connectivity index (χ0v) is 11.1. The van der Waals surface area contributed by atoms with Crippen molar-refractivity contribution < 1.29 is 8.78 Å². The van der Waals surface area contributed by atoms with Crippen molar-refractivity contribution in [3.8, 4) is 17.1 Å². The van der Waals surface area contributed by atoms with Crippen LogP contribution in [0.25, 0.3) is 17.1 Å². The molecule has 0 aliphatic carbocycles. The number of nitrogen functional groups attached to an aromatic ring is 1. The molecule has 1 heterocycles. The van der Waals surface area contributed by atoms with Crippen molar-refractivity contribution in [2.75, 3.05) is 5.73 Å². The number of tetrazole rings is 1. The molecule has 0 bridgehead atoms. The van der Waals surface area contributed by atoms with Crippen LogP contribution in [-0.4, -0.2) is 20.2 Å². The molecule has 0 radical (unpaired) electrons. The van der Waals surface area contributed by atoms with Gasteiger partial charge in [-0.1, -0.05) is 0 Å². The molecule has 5 nitrogen and oxygen atoms in total. The summed E-state index contributed by atoms with van der Waals surface area (Å²) in [5, 5.41) is 11.5. The fourth-order valence-corrected chi connectivity index (χ4v) is 2.07. The van der Waals surface area contributed by atoms with Crippen molar-refractivity contribution in [3.05, 3.63) is 53.6 Å². The average molecular weight is 287 g/mol. The maximum atomic E-state index is 13.2. The number of nitrogens with zero attached hydrogens (tertiary/aromatic N) is 4. The summed E-state index contributed by atoms with van der Waals surface area (Å²) in [6.45, 7) is 1.75. The maximum absolute atomic E-state index is 13.2. The molecule has 0 aliphatic rings. The van der Waals surface area contributed by atoms with Crippen molar-refractivity contribution in [1.29, 1.82) is 0 Å². The van der Waals surface area contributed by atoms with Gasteiger partial charge in [0.25, 0.3) is 0 Å². The monoisotopic (exact) mass is 287 g/mol. The minimum absolute atomic E-state index is 0.0119. The summed E-state index contributed by atoms with van der Waals surface area (Å²) in [7, 11) is 0. The summed E-state index contributed by atoms with van der Waals surface area (Å²) in [4.78, 5) is 0. The van der Waals surface area contributed by atoms with Gasteiger partial charge in [-0.15, -0.1) is 5.10 Å². The normalized spacial score (nSPS) is 10.8. The Morgan fingerprint density at radius 2 is 1.90 bits per heavy atom. The van der Waals surface area contributed by atoms with Crippen molar-refractivity contribution in [2.45, 2.75) is 6.92 Å². The van der Waals surface area contributed by atoms with Gasteiger partial charge in [0.05, 0.1) is 11.4 Å². The van der Waals surface area contributed by atoms with E-state index in [1.807, 2.05) is 0 Å². The summed E-state index contributed by atoms with van der Waals surface area (Å²) in [5.41, 5.74) is 7.46. The standard InChI is InChI=1S/C14H11F2N5/c1-8-6-10(15)3-5-13(8)21-14(18-19-20-21)9-2-4-11(16)12(17)7-9/h2-7H,17H2,1H3. The third-order valence-electron chi connectivity index (χ3n) is 3.11. The molecular weight excluding hydrogens is 276 g/mol. The highest BCUT2D eigenvalue weighted by Crippen LogP contribution is 2.24. The summed E-state index contributed by atoms with van der Waals surface area (Å²) in [6.07, 6.45) is 0. The fraction of sp³-hybridized carbons (Fsp3) is 0.0714. The van der Waals surface area contributed by atoms with E-state index in [2.05, 4.69) is 15.5 Å². The summed E-state index contributed by atoms with van der Waals surface area (Å²) < 4.78 is 27.9. The van der Waals surface area contributed by atoms with Crippen LogP contribution in [0.2, 0.25) is 0 Å². The molecule has 0 aliphatic heterocycles. The molecule has 1 aromatic heterocycles. The van der Waals surface area contributed by atoms with Gasteiger partial charge in [0.15, 0.2) is 5.82 Å². The van der Waals surface area contributed by atoms with Crippen LogP contribution in [0, 0.1) is 18.6 Å². The van der Waals surface area contributed by atoms with Crippen LogP contribution in [0.1, 0.15) is 5.56 Å². The first-order valence-corrected chi connectivity index (χ1v) is 6.16. The fourth-order valence-electron chi connectivity index (χ4n) is 2.07. The number of nitrogens with two attached hydrogens (primary N) is 1. The predicted molar refractivity (Wildman–Crippen MR) is 73.7 cm³/mol. The second-order valence-electron chi connectivity index (χ2n) is 4.58. The number of aromatic nitrogens is 4.